The second-order valence-electron chi connectivity index (χ2n) is 10.2. The van der Waals surface area contributed by atoms with Gasteiger partial charge in [0.1, 0.15) is 6.04 Å². The number of rotatable bonds is 11. The first-order valence-corrected chi connectivity index (χ1v) is 13.9. The van der Waals surface area contributed by atoms with E-state index in [0.29, 0.717) is 23.8 Å². The van der Waals surface area contributed by atoms with E-state index >= 15 is 0 Å². The molecule has 3 heterocycles. The van der Waals surface area contributed by atoms with Crippen LogP contribution in [0.1, 0.15) is 58.8 Å². The molecule has 3 N–H and O–H groups in total. The van der Waals surface area contributed by atoms with Crippen LogP contribution in [0.25, 0.3) is 0 Å². The number of likely N-dealkylation sites (tertiary alicyclic amines) is 1. The molecule has 0 radical (unpaired) electrons. The average molecular weight is 522 g/mol. The van der Waals surface area contributed by atoms with Crippen molar-refractivity contribution in [1.29, 1.82) is 0 Å². The van der Waals surface area contributed by atoms with Crippen molar-refractivity contribution in [2.75, 3.05) is 25.0 Å². The molecule has 2 unspecified atom stereocenters. The number of carbonyl (C=O) groups excluding carboxylic acids is 3. The number of fused-ring (bicyclic) bond motifs is 1. The quantitative estimate of drug-likeness (QED) is 0.384. The predicted molar refractivity (Wildman–Crippen MR) is 139 cm³/mol. The molecule has 0 saturated carbocycles. The lowest BCUT2D eigenvalue weighted by Gasteiger charge is -2.35. The Bertz CT molecular complexity index is 978. The number of para-hydroxylation sites is 1. The monoisotopic (exact) mass is 521 g/mol. The molecule has 1 aromatic rings. The van der Waals surface area contributed by atoms with Crippen LogP contribution in [0, 0.1) is 11.8 Å². The number of aliphatic hydroxyl groups is 1. The van der Waals surface area contributed by atoms with Crippen LogP contribution in [0.5, 0.6) is 0 Å². The van der Waals surface area contributed by atoms with Crippen LogP contribution in [0.15, 0.2) is 24.3 Å². The molecule has 192 valence electrons. The number of amides is 3. The van der Waals surface area contributed by atoms with Crippen molar-refractivity contribution >= 4 is 46.8 Å². The van der Waals surface area contributed by atoms with Crippen LogP contribution in [0.4, 0.5) is 5.69 Å². The number of halogens is 1. The Labute approximate surface area is 216 Å². The fraction of sp³-hybridized carbons (Fsp3) is 0.654. The van der Waals surface area contributed by atoms with Crippen LogP contribution in [0.3, 0.4) is 0 Å². The Morgan fingerprint density at radius 3 is 2.63 bits per heavy atom. The second-order valence-corrected chi connectivity index (χ2v) is 12.5. The number of aliphatic hydroxyl groups excluding tert-OH is 1. The van der Waals surface area contributed by atoms with Crippen molar-refractivity contribution in [2.24, 2.45) is 11.8 Å². The van der Waals surface area contributed by atoms with E-state index < -0.39 is 22.6 Å². The molecule has 1 aromatic carbocycles. The van der Waals surface area contributed by atoms with Crippen LogP contribution in [-0.2, 0) is 14.4 Å². The minimum atomic E-state index is -0.662. The zero-order chi connectivity index (χ0) is 25.2. The fourth-order valence-electron chi connectivity index (χ4n) is 6.24. The molecular formula is C26H36ClN3O4S. The Balaban J connectivity index is 1.65. The highest BCUT2D eigenvalue weighted by molar-refractivity contribution is 8.02. The third kappa shape index (κ3) is 4.69. The van der Waals surface area contributed by atoms with Crippen LogP contribution < -0.4 is 10.6 Å². The fourth-order valence-corrected chi connectivity index (χ4v) is 8.78. The summed E-state index contributed by atoms with van der Waals surface area (Å²) in [7, 11) is 0. The zero-order valence-corrected chi connectivity index (χ0v) is 22.1. The highest BCUT2D eigenvalue weighted by Gasteiger charge is 2.76. The molecule has 2 bridgehead atoms. The first-order chi connectivity index (χ1) is 16.8. The zero-order valence-electron chi connectivity index (χ0n) is 20.5. The largest absolute Gasteiger partial charge is 0.396 e. The first-order valence-electron chi connectivity index (χ1n) is 12.7. The summed E-state index contributed by atoms with van der Waals surface area (Å²) in [5.41, 5.74) is 0.523. The maximum atomic E-state index is 13.9. The van der Waals surface area contributed by atoms with Crippen molar-refractivity contribution in [2.45, 2.75) is 74.3 Å². The number of thioether (sulfide) groups is 1. The topological polar surface area (TPSA) is 98.7 Å². The van der Waals surface area contributed by atoms with Gasteiger partial charge in [-0.25, -0.2) is 0 Å². The van der Waals surface area contributed by atoms with Crippen LogP contribution in [0.2, 0.25) is 5.02 Å². The molecule has 3 saturated heterocycles. The van der Waals surface area contributed by atoms with E-state index in [-0.39, 0.29) is 29.1 Å². The van der Waals surface area contributed by atoms with E-state index in [2.05, 4.69) is 17.6 Å². The molecular weight excluding hydrogens is 486 g/mol. The average Bonchev–Trinajstić information content (AvgIpc) is 3.39. The Hall–Kier alpha value is -1.77. The summed E-state index contributed by atoms with van der Waals surface area (Å²) < 4.78 is -0.995. The predicted octanol–water partition coefficient (Wildman–Crippen LogP) is 3.84. The second kappa shape index (κ2) is 10.7. The standard InChI is InChI=1S/C26H36ClN3O4S/c1-3-14-28-22(32)19-20-24(34)30(15-8-4-5-9-16-31)21(26(20)13-12-25(19,2)35-26)23(33)29-18-11-7-6-10-17(18)27/h6-7,10-11,19-21,31H,3-5,8-9,12-16H2,1-2H3,(H,28,32)(H,29,33)/t19-,20+,21?,25+,26?/m1/s1. The Morgan fingerprint density at radius 1 is 1.17 bits per heavy atom. The van der Waals surface area contributed by atoms with Crippen molar-refractivity contribution in [3.63, 3.8) is 0 Å². The molecule has 35 heavy (non-hydrogen) atoms. The van der Waals surface area contributed by atoms with Gasteiger partial charge >= 0.3 is 0 Å². The van der Waals surface area contributed by atoms with E-state index in [0.717, 1.165) is 44.9 Å². The maximum Gasteiger partial charge on any atom is 0.248 e. The number of anilines is 1. The van der Waals surface area contributed by atoms with E-state index in [1.807, 2.05) is 13.0 Å². The van der Waals surface area contributed by atoms with Crippen molar-refractivity contribution in [1.82, 2.24) is 10.2 Å². The molecule has 7 nitrogen and oxygen atoms in total. The smallest absolute Gasteiger partial charge is 0.248 e. The molecule has 0 aliphatic carbocycles. The highest BCUT2D eigenvalue weighted by atomic mass is 35.5. The van der Waals surface area contributed by atoms with Crippen molar-refractivity contribution < 1.29 is 19.5 Å². The molecule has 3 aliphatic rings. The summed E-state index contributed by atoms with van der Waals surface area (Å²) in [6, 6.07) is 6.44. The minimum absolute atomic E-state index is 0.0724. The molecule has 3 aliphatic heterocycles. The molecule has 3 amide bonds. The number of unbranched alkanes of at least 4 members (excludes halogenated alkanes) is 3. The van der Waals surface area contributed by atoms with Crippen LogP contribution >= 0.6 is 23.4 Å². The van der Waals surface area contributed by atoms with E-state index in [1.54, 1.807) is 34.9 Å². The van der Waals surface area contributed by atoms with E-state index in [9.17, 15) is 14.4 Å². The van der Waals surface area contributed by atoms with Gasteiger partial charge in [-0.15, -0.1) is 11.8 Å². The van der Waals surface area contributed by atoms with Gasteiger partial charge in [-0.2, -0.15) is 0 Å². The number of nitrogens with zero attached hydrogens (tertiary/aromatic N) is 1. The summed E-state index contributed by atoms with van der Waals surface area (Å²) in [5, 5.41) is 15.5. The number of benzene rings is 1. The van der Waals surface area contributed by atoms with Gasteiger partial charge in [0.15, 0.2) is 0 Å². The van der Waals surface area contributed by atoms with Gasteiger partial charge in [0, 0.05) is 24.4 Å². The SMILES string of the molecule is CCCNC(=O)[C@H]1[C@H]2C(=O)N(CCCCCCO)C(C(=O)Nc3ccccc3Cl)C23CC[C@]1(C)S3. The minimum Gasteiger partial charge on any atom is -0.396 e. The van der Waals surface area contributed by atoms with E-state index in [4.69, 9.17) is 16.7 Å². The van der Waals surface area contributed by atoms with Gasteiger partial charge in [0.25, 0.3) is 0 Å². The third-order valence-corrected chi connectivity index (χ3v) is 10.1. The Morgan fingerprint density at radius 2 is 1.91 bits per heavy atom. The van der Waals surface area contributed by atoms with E-state index in [1.165, 1.54) is 0 Å². The summed E-state index contributed by atoms with van der Waals surface area (Å²) in [4.78, 5) is 42.8. The molecule has 3 fully saturated rings. The normalized spacial score (nSPS) is 31.0. The molecule has 4 rings (SSSR count). The van der Waals surface area contributed by atoms with Crippen molar-refractivity contribution in [3.05, 3.63) is 29.3 Å². The summed E-state index contributed by atoms with van der Waals surface area (Å²) >= 11 is 8.00. The van der Waals surface area contributed by atoms with Gasteiger partial charge in [-0.3, -0.25) is 14.4 Å². The Kier molecular flexibility index (Phi) is 8.03. The summed E-state index contributed by atoms with van der Waals surface area (Å²) in [6.45, 7) is 5.28. The number of nitrogens with one attached hydrogen (secondary N) is 2. The van der Waals surface area contributed by atoms with Crippen LogP contribution in [-0.4, -0.2) is 63.0 Å². The van der Waals surface area contributed by atoms with Gasteiger partial charge in [0.2, 0.25) is 17.7 Å². The molecule has 9 heteroatoms. The highest BCUT2D eigenvalue weighted by Crippen LogP contribution is 2.71. The van der Waals surface area contributed by atoms with Gasteiger partial charge in [0.05, 0.1) is 27.3 Å². The summed E-state index contributed by atoms with van der Waals surface area (Å²) in [6.07, 6.45) is 5.57. The lowest BCUT2D eigenvalue weighted by Crippen LogP contribution is -2.52. The van der Waals surface area contributed by atoms with Gasteiger partial charge in [-0.05, 0) is 51.2 Å². The lowest BCUT2D eigenvalue weighted by molar-refractivity contribution is -0.140. The number of carbonyl (C=O) groups is 3. The third-order valence-electron chi connectivity index (χ3n) is 7.80. The van der Waals surface area contributed by atoms with Gasteiger partial charge < -0.3 is 20.6 Å². The molecule has 5 atom stereocenters. The van der Waals surface area contributed by atoms with Crippen molar-refractivity contribution in [3.8, 4) is 0 Å². The molecule has 0 aromatic heterocycles. The summed E-state index contributed by atoms with van der Waals surface area (Å²) in [5.74, 6) is -1.36. The number of hydrogen-bond acceptors (Lipinski definition) is 5. The van der Waals surface area contributed by atoms with Gasteiger partial charge in [-0.1, -0.05) is 43.5 Å². The lowest BCUT2D eigenvalue weighted by atomic mass is 9.66. The molecule has 1 spiro atoms. The first kappa shape index (κ1) is 26.3. The number of hydrogen-bond donors (Lipinski definition) is 3. The maximum absolute atomic E-state index is 13.9.